The number of allylic oxidation sites excluding steroid dienone is 5. The second kappa shape index (κ2) is 7.72. The summed E-state index contributed by atoms with van der Waals surface area (Å²) in [4.78, 5) is 1.61. The summed E-state index contributed by atoms with van der Waals surface area (Å²) >= 11 is 0. The molecule has 0 amide bonds. The molecule has 0 fully saturated rings. The van der Waals surface area contributed by atoms with E-state index in [0.717, 1.165) is 11.3 Å². The largest absolute Gasteiger partial charge is 0.321 e. The van der Waals surface area contributed by atoms with Gasteiger partial charge in [0.25, 0.3) is 6.43 Å². The normalized spacial score (nSPS) is 14.6. The first-order valence-corrected chi connectivity index (χ1v) is 7.98. The highest BCUT2D eigenvalue weighted by Gasteiger charge is 2.23. The fourth-order valence-corrected chi connectivity index (χ4v) is 2.61. The molecule has 0 bridgehead atoms. The molecule has 1 aliphatic rings. The van der Waals surface area contributed by atoms with Crippen molar-refractivity contribution < 1.29 is 17.6 Å². The third-order valence-corrected chi connectivity index (χ3v) is 4.32. The first kappa shape index (κ1) is 19.0. The van der Waals surface area contributed by atoms with E-state index < -0.39 is 18.1 Å². The monoisotopic (exact) mass is 351 g/mol. The molecule has 0 saturated carbocycles. The summed E-state index contributed by atoms with van der Waals surface area (Å²) in [5.41, 5.74) is 2.66. The summed E-state index contributed by atoms with van der Waals surface area (Å²) in [5.74, 6) is -1.27. The predicted molar refractivity (Wildman–Crippen MR) is 91.9 cm³/mol. The van der Waals surface area contributed by atoms with Gasteiger partial charge in [-0.15, -0.1) is 0 Å². The number of benzene rings is 1. The Bertz CT molecular complexity index is 748. The van der Waals surface area contributed by atoms with Crippen LogP contribution in [-0.4, -0.2) is 11.3 Å². The predicted octanol–water partition coefficient (Wildman–Crippen LogP) is 6.12. The maximum Gasteiger partial charge on any atom is 0.265 e. The Kier molecular flexibility index (Phi) is 5.88. The van der Waals surface area contributed by atoms with Gasteiger partial charge in [-0.2, -0.15) is 0 Å². The van der Waals surface area contributed by atoms with E-state index in [1.165, 1.54) is 30.5 Å². The van der Waals surface area contributed by atoms with Crippen molar-refractivity contribution in [3.8, 4) is 0 Å². The van der Waals surface area contributed by atoms with Crippen LogP contribution >= 0.6 is 0 Å². The van der Waals surface area contributed by atoms with Crippen LogP contribution in [0.1, 0.15) is 32.8 Å². The Morgan fingerprint density at radius 1 is 1.08 bits per heavy atom. The standard InChI is InChI=1S/C20H21F4N/c1-12(2)13(3)25-11-16(20(23)24)10-15(14(25)4)8-9-17-18(21)6-5-7-19(17)22/h5-7,10-11,20H,4,8-9H2,1-3H3. The summed E-state index contributed by atoms with van der Waals surface area (Å²) in [6, 6.07) is 3.67. The van der Waals surface area contributed by atoms with Crippen LogP contribution < -0.4 is 0 Å². The van der Waals surface area contributed by atoms with Crippen molar-refractivity contribution in [1.29, 1.82) is 0 Å². The van der Waals surface area contributed by atoms with Crippen LogP contribution in [0.15, 0.2) is 65.2 Å². The van der Waals surface area contributed by atoms with E-state index in [2.05, 4.69) is 6.58 Å². The van der Waals surface area contributed by atoms with Crippen molar-refractivity contribution in [3.05, 3.63) is 82.4 Å². The molecule has 0 unspecified atom stereocenters. The summed E-state index contributed by atoms with van der Waals surface area (Å²) in [7, 11) is 0. The minimum atomic E-state index is -2.64. The number of alkyl halides is 2. The van der Waals surface area contributed by atoms with E-state index in [0.29, 0.717) is 11.3 Å². The fraction of sp³-hybridized carbons (Fsp3) is 0.300. The third kappa shape index (κ3) is 4.21. The fourth-order valence-electron chi connectivity index (χ4n) is 2.61. The van der Waals surface area contributed by atoms with Gasteiger partial charge in [0.2, 0.25) is 0 Å². The molecule has 0 saturated heterocycles. The molecule has 0 N–H and O–H groups in total. The number of halogens is 4. The van der Waals surface area contributed by atoms with Gasteiger partial charge in [-0.1, -0.05) is 18.2 Å². The van der Waals surface area contributed by atoms with Gasteiger partial charge in [-0.3, -0.25) is 0 Å². The van der Waals surface area contributed by atoms with Crippen LogP contribution in [0, 0.1) is 11.6 Å². The molecule has 0 atom stereocenters. The number of nitrogens with zero attached hydrogens (tertiary/aromatic N) is 1. The van der Waals surface area contributed by atoms with Crippen molar-refractivity contribution in [2.24, 2.45) is 0 Å². The molecule has 5 heteroatoms. The van der Waals surface area contributed by atoms with Crippen LogP contribution in [0.5, 0.6) is 0 Å². The van der Waals surface area contributed by atoms with Crippen LogP contribution in [-0.2, 0) is 6.42 Å². The minimum absolute atomic E-state index is 0.0464. The highest BCUT2D eigenvalue weighted by atomic mass is 19.3. The molecular weight excluding hydrogens is 330 g/mol. The van der Waals surface area contributed by atoms with Gasteiger partial charge in [0, 0.05) is 28.7 Å². The Morgan fingerprint density at radius 2 is 1.68 bits per heavy atom. The molecule has 134 valence electrons. The molecule has 0 spiro atoms. The molecule has 1 nitrogen and oxygen atoms in total. The summed E-state index contributed by atoms with van der Waals surface area (Å²) in [5, 5.41) is 0. The Morgan fingerprint density at radius 3 is 2.20 bits per heavy atom. The average Bonchev–Trinajstić information content (AvgIpc) is 2.54. The van der Waals surface area contributed by atoms with Crippen LogP contribution in [0.3, 0.4) is 0 Å². The maximum absolute atomic E-state index is 13.8. The van der Waals surface area contributed by atoms with E-state index >= 15 is 0 Å². The highest BCUT2D eigenvalue weighted by molar-refractivity contribution is 5.44. The average molecular weight is 351 g/mol. The first-order valence-electron chi connectivity index (χ1n) is 7.98. The van der Waals surface area contributed by atoms with Crippen LogP contribution in [0.4, 0.5) is 17.6 Å². The van der Waals surface area contributed by atoms with Gasteiger partial charge in [0.05, 0.1) is 0 Å². The second-order valence-corrected chi connectivity index (χ2v) is 6.20. The number of rotatable bonds is 5. The quantitative estimate of drug-likeness (QED) is 0.578. The van der Waals surface area contributed by atoms with Gasteiger partial charge in [-0.05, 0) is 57.4 Å². The van der Waals surface area contributed by atoms with E-state index in [9.17, 15) is 17.6 Å². The zero-order valence-electron chi connectivity index (χ0n) is 14.5. The van der Waals surface area contributed by atoms with Gasteiger partial charge in [-0.25, -0.2) is 17.6 Å². The molecule has 0 aliphatic carbocycles. The third-order valence-electron chi connectivity index (χ3n) is 4.32. The lowest BCUT2D eigenvalue weighted by molar-refractivity contribution is 0.191. The first-order chi connectivity index (χ1) is 11.7. The van der Waals surface area contributed by atoms with Crippen molar-refractivity contribution >= 4 is 0 Å². The Labute approximate surface area is 145 Å². The van der Waals surface area contributed by atoms with E-state index in [-0.39, 0.29) is 24.0 Å². The summed E-state index contributed by atoms with van der Waals surface area (Å²) < 4.78 is 54.1. The smallest absolute Gasteiger partial charge is 0.265 e. The second-order valence-electron chi connectivity index (χ2n) is 6.20. The molecular formula is C20H21F4N. The lowest BCUT2D eigenvalue weighted by Crippen LogP contribution is -2.22. The van der Waals surface area contributed by atoms with E-state index in [1.54, 1.807) is 4.90 Å². The van der Waals surface area contributed by atoms with Gasteiger partial charge < -0.3 is 4.90 Å². The lowest BCUT2D eigenvalue weighted by Gasteiger charge is -2.31. The van der Waals surface area contributed by atoms with Gasteiger partial charge in [0.1, 0.15) is 11.6 Å². The lowest BCUT2D eigenvalue weighted by atomic mass is 9.96. The zero-order valence-corrected chi connectivity index (χ0v) is 14.5. The molecule has 1 aromatic carbocycles. The van der Waals surface area contributed by atoms with Crippen molar-refractivity contribution in [1.82, 2.24) is 4.90 Å². The number of hydrogen-bond acceptors (Lipinski definition) is 1. The topological polar surface area (TPSA) is 3.24 Å². The molecule has 2 rings (SSSR count). The summed E-state index contributed by atoms with van der Waals surface area (Å²) in [6.07, 6.45) is 0.374. The Hall–Kier alpha value is -2.30. The molecule has 25 heavy (non-hydrogen) atoms. The van der Waals surface area contributed by atoms with Crippen molar-refractivity contribution in [3.63, 3.8) is 0 Å². The van der Waals surface area contributed by atoms with E-state index in [1.807, 2.05) is 20.8 Å². The zero-order chi connectivity index (χ0) is 18.7. The molecule has 1 heterocycles. The van der Waals surface area contributed by atoms with Crippen molar-refractivity contribution in [2.75, 3.05) is 0 Å². The van der Waals surface area contributed by atoms with Crippen LogP contribution in [0.25, 0.3) is 0 Å². The van der Waals surface area contributed by atoms with Gasteiger partial charge in [0.15, 0.2) is 0 Å². The number of hydrogen-bond donors (Lipinski definition) is 0. The maximum atomic E-state index is 13.8. The van der Waals surface area contributed by atoms with Crippen molar-refractivity contribution in [2.45, 2.75) is 40.0 Å². The van der Waals surface area contributed by atoms with Gasteiger partial charge >= 0.3 is 0 Å². The molecule has 1 aromatic rings. The minimum Gasteiger partial charge on any atom is -0.321 e. The van der Waals surface area contributed by atoms with E-state index in [4.69, 9.17) is 0 Å². The van der Waals surface area contributed by atoms with Crippen LogP contribution in [0.2, 0.25) is 0 Å². The Balaban J connectivity index is 2.31. The molecule has 1 aliphatic heterocycles. The molecule has 0 aromatic heterocycles. The molecule has 0 radical (unpaired) electrons. The summed E-state index contributed by atoms with van der Waals surface area (Å²) in [6.45, 7) is 9.56. The SMILES string of the molecule is C=C1C(CCc2c(F)cccc2F)=CC(C(F)F)=CN1C(C)=C(C)C. The highest BCUT2D eigenvalue weighted by Crippen LogP contribution is 2.32.